The van der Waals surface area contributed by atoms with Crippen molar-refractivity contribution >= 4 is 15.9 Å². The van der Waals surface area contributed by atoms with E-state index in [0.29, 0.717) is 37.5 Å². The van der Waals surface area contributed by atoms with Crippen LogP contribution in [0.25, 0.3) is 0 Å². The SMILES string of the molecule is C#C.CC.CCCCS(=O)(=O)CCCN(C[C@@H](O)[C@@H](N)Cc1cc(F)cc(F)c1)C1CC1.CO.COC(N)=O. The second-order valence-corrected chi connectivity index (χ2v) is 10.6. The summed E-state index contributed by atoms with van der Waals surface area (Å²) in [7, 11) is -0.799. The number of terminal acetylenes is 1. The van der Waals surface area contributed by atoms with Gasteiger partial charge in [0.05, 0.1) is 24.7 Å². The average Bonchev–Trinajstić information content (AvgIpc) is 3.75. The number of amides is 1. The molecule has 6 N–H and O–H groups in total. The van der Waals surface area contributed by atoms with Crippen molar-refractivity contribution in [1.82, 2.24) is 4.90 Å². The zero-order chi connectivity index (χ0) is 31.0. The quantitative estimate of drug-likeness (QED) is 0.259. The normalized spacial score (nSPS) is 13.5. The Morgan fingerprint density at radius 1 is 1.13 bits per heavy atom. The molecule has 0 saturated heterocycles. The Bertz CT molecular complexity index is 863. The van der Waals surface area contributed by atoms with Gasteiger partial charge in [-0.2, -0.15) is 0 Å². The molecule has 0 unspecified atom stereocenters. The first kappa shape index (κ1) is 41.2. The fraction of sp³-hybridized carbons (Fsp3) is 0.667. The molecule has 1 saturated carbocycles. The molecule has 1 aromatic carbocycles. The number of halogens is 2. The van der Waals surface area contributed by atoms with Gasteiger partial charge in [0.1, 0.15) is 21.5 Å². The first-order valence-electron chi connectivity index (χ1n) is 12.9. The van der Waals surface area contributed by atoms with Crippen LogP contribution in [0.2, 0.25) is 0 Å². The van der Waals surface area contributed by atoms with E-state index >= 15 is 0 Å². The Kier molecular flexibility index (Phi) is 26.1. The van der Waals surface area contributed by atoms with E-state index in [1.54, 1.807) is 0 Å². The molecular formula is C27H49F2N3O6S. The molecule has 0 heterocycles. The van der Waals surface area contributed by atoms with Gasteiger partial charge in [0.2, 0.25) is 0 Å². The van der Waals surface area contributed by atoms with Crippen molar-refractivity contribution in [3.8, 4) is 12.8 Å². The fourth-order valence-corrected chi connectivity index (χ4v) is 4.83. The monoisotopic (exact) mass is 581 g/mol. The second-order valence-electron chi connectivity index (χ2n) is 8.32. The van der Waals surface area contributed by atoms with Crippen LogP contribution in [0.15, 0.2) is 18.2 Å². The first-order chi connectivity index (χ1) is 18.5. The van der Waals surface area contributed by atoms with Gasteiger partial charge in [-0.05, 0) is 56.3 Å². The molecule has 9 nitrogen and oxygen atoms in total. The minimum atomic E-state index is -3.02. The van der Waals surface area contributed by atoms with Crippen LogP contribution in [0.3, 0.4) is 0 Å². The standard InChI is InChI=1S/C20H32F2N2O3S.C2H5NO2.C2H6.C2H2.CH4O/c1-2-3-8-28(26,27)9-4-7-24(18-5-6-18)14-20(25)19(23)12-15-10-16(21)13-17(22)11-15;1-5-2(3)4;3*1-2/h10-11,13,18-20,25H,2-9,12,14,23H2,1H3;1H3,(H2,3,4);1-2H3;1-2H;2H,1H3/t19-,20+;;;;/m0..../s1. The van der Waals surface area contributed by atoms with Gasteiger partial charge in [-0.25, -0.2) is 22.0 Å². The lowest BCUT2D eigenvalue weighted by Gasteiger charge is -2.28. The number of sulfone groups is 1. The van der Waals surface area contributed by atoms with Crippen molar-refractivity contribution in [3.63, 3.8) is 0 Å². The van der Waals surface area contributed by atoms with Crippen LogP contribution in [0.5, 0.6) is 0 Å². The molecule has 1 fully saturated rings. The number of aliphatic hydroxyl groups is 2. The van der Waals surface area contributed by atoms with Crippen LogP contribution in [0, 0.1) is 24.5 Å². The highest BCUT2D eigenvalue weighted by molar-refractivity contribution is 7.91. The van der Waals surface area contributed by atoms with Crippen LogP contribution < -0.4 is 11.5 Å². The maximum atomic E-state index is 13.3. The number of aliphatic hydroxyl groups excluding tert-OH is 2. The molecular weight excluding hydrogens is 532 g/mol. The molecule has 228 valence electrons. The zero-order valence-electron chi connectivity index (χ0n) is 24.0. The van der Waals surface area contributed by atoms with Crippen molar-refractivity contribution in [2.45, 2.75) is 77.5 Å². The van der Waals surface area contributed by atoms with Gasteiger partial charge < -0.3 is 26.4 Å². The van der Waals surface area contributed by atoms with Gasteiger partial charge in [0.15, 0.2) is 0 Å². The number of unbranched alkanes of at least 4 members (excludes halogenated alkanes) is 1. The lowest BCUT2D eigenvalue weighted by Crippen LogP contribution is -2.45. The topological polar surface area (TPSA) is 156 Å². The molecule has 0 aromatic heterocycles. The number of hydrogen-bond acceptors (Lipinski definition) is 8. The van der Waals surface area contributed by atoms with Crippen molar-refractivity contribution in [1.29, 1.82) is 0 Å². The highest BCUT2D eigenvalue weighted by atomic mass is 32.2. The maximum Gasteiger partial charge on any atom is 0.404 e. The van der Waals surface area contributed by atoms with Crippen LogP contribution in [0.1, 0.15) is 58.4 Å². The first-order valence-corrected chi connectivity index (χ1v) is 14.7. The van der Waals surface area contributed by atoms with Gasteiger partial charge >= 0.3 is 6.09 Å². The van der Waals surface area contributed by atoms with E-state index in [-0.39, 0.29) is 17.9 Å². The van der Waals surface area contributed by atoms with Crippen LogP contribution in [-0.2, 0) is 21.0 Å². The summed E-state index contributed by atoms with van der Waals surface area (Å²) < 4.78 is 54.5. The van der Waals surface area contributed by atoms with Gasteiger partial charge in [-0.1, -0.05) is 27.2 Å². The number of nitrogens with zero attached hydrogens (tertiary/aromatic N) is 1. The number of carbonyl (C=O) groups is 1. The number of methoxy groups -OCH3 is 1. The Balaban J connectivity index is -0.00000102. The molecule has 1 aliphatic rings. The Morgan fingerprint density at radius 3 is 2.00 bits per heavy atom. The van der Waals surface area contributed by atoms with Crippen LogP contribution in [0.4, 0.5) is 13.6 Å². The second kappa shape index (κ2) is 24.7. The molecule has 39 heavy (non-hydrogen) atoms. The lowest BCUT2D eigenvalue weighted by molar-refractivity contribution is 0.0871. The third-order valence-electron chi connectivity index (χ3n) is 5.28. The Morgan fingerprint density at radius 2 is 1.59 bits per heavy atom. The van der Waals surface area contributed by atoms with Crippen molar-refractivity contribution < 1.29 is 36.9 Å². The van der Waals surface area contributed by atoms with Crippen LogP contribution in [-0.4, -0.2) is 86.6 Å². The predicted octanol–water partition coefficient (Wildman–Crippen LogP) is 2.86. The van der Waals surface area contributed by atoms with E-state index in [4.69, 9.17) is 10.8 Å². The largest absolute Gasteiger partial charge is 0.453 e. The zero-order valence-corrected chi connectivity index (χ0v) is 24.8. The molecule has 2 atom stereocenters. The molecule has 1 aromatic rings. The van der Waals surface area contributed by atoms with E-state index < -0.39 is 39.7 Å². The number of benzene rings is 1. The fourth-order valence-electron chi connectivity index (χ4n) is 3.33. The average molecular weight is 582 g/mol. The van der Waals surface area contributed by atoms with Crippen LogP contribution >= 0.6 is 0 Å². The van der Waals surface area contributed by atoms with Crippen molar-refractivity contribution in [3.05, 3.63) is 35.4 Å². The van der Waals surface area contributed by atoms with E-state index in [1.165, 1.54) is 19.2 Å². The van der Waals surface area contributed by atoms with E-state index in [1.807, 2.05) is 20.8 Å². The van der Waals surface area contributed by atoms with Gasteiger partial charge in [-0.15, -0.1) is 12.8 Å². The maximum absolute atomic E-state index is 13.3. The molecule has 0 radical (unpaired) electrons. The summed E-state index contributed by atoms with van der Waals surface area (Å²) in [5.41, 5.74) is 10.9. The van der Waals surface area contributed by atoms with E-state index in [0.717, 1.165) is 32.4 Å². The molecule has 2 rings (SSSR count). The summed E-state index contributed by atoms with van der Waals surface area (Å²) in [4.78, 5) is 11.5. The van der Waals surface area contributed by atoms with Gasteiger partial charge in [0, 0.05) is 31.8 Å². The number of ether oxygens (including phenoxy) is 1. The third kappa shape index (κ3) is 22.2. The number of nitrogens with two attached hydrogens (primary N) is 2. The summed E-state index contributed by atoms with van der Waals surface area (Å²) in [6, 6.07) is 2.93. The molecule has 1 aliphatic carbocycles. The summed E-state index contributed by atoms with van der Waals surface area (Å²) in [6.07, 6.45) is 10.7. The molecule has 1 amide bonds. The number of carbonyl (C=O) groups excluding carboxylic acids is 1. The highest BCUT2D eigenvalue weighted by Crippen LogP contribution is 2.27. The summed E-state index contributed by atoms with van der Waals surface area (Å²) in [5.74, 6) is -0.952. The Hall–Kier alpha value is -2.30. The third-order valence-corrected chi connectivity index (χ3v) is 7.10. The van der Waals surface area contributed by atoms with Gasteiger partial charge in [-0.3, -0.25) is 4.90 Å². The van der Waals surface area contributed by atoms with Crippen molar-refractivity contribution in [2.75, 3.05) is 38.8 Å². The van der Waals surface area contributed by atoms with Gasteiger partial charge in [0.25, 0.3) is 0 Å². The predicted molar refractivity (Wildman–Crippen MR) is 153 cm³/mol. The lowest BCUT2D eigenvalue weighted by atomic mass is 10.0. The minimum Gasteiger partial charge on any atom is -0.453 e. The summed E-state index contributed by atoms with van der Waals surface area (Å²) >= 11 is 0. The van der Waals surface area contributed by atoms with Crippen molar-refractivity contribution in [2.24, 2.45) is 11.5 Å². The van der Waals surface area contributed by atoms with E-state index in [2.05, 4.69) is 28.2 Å². The minimum absolute atomic E-state index is 0.154. The molecule has 12 heteroatoms. The smallest absolute Gasteiger partial charge is 0.404 e. The molecule has 0 bridgehead atoms. The number of primary amides is 1. The number of hydrogen-bond donors (Lipinski definition) is 4. The highest BCUT2D eigenvalue weighted by Gasteiger charge is 2.31. The summed E-state index contributed by atoms with van der Waals surface area (Å²) in [5, 5.41) is 17.5. The number of rotatable bonds is 13. The molecule has 0 spiro atoms. The van der Waals surface area contributed by atoms with E-state index in [9.17, 15) is 27.1 Å². The summed E-state index contributed by atoms with van der Waals surface area (Å²) in [6.45, 7) is 6.89. The molecule has 0 aliphatic heterocycles. The Labute approximate surface area is 233 Å².